The van der Waals surface area contributed by atoms with Gasteiger partial charge in [0, 0.05) is 36.9 Å². The summed E-state index contributed by atoms with van der Waals surface area (Å²) in [7, 11) is 0. The van der Waals surface area contributed by atoms with Gasteiger partial charge in [0.15, 0.2) is 11.6 Å². The first-order valence-electron chi connectivity index (χ1n) is 11.5. The van der Waals surface area contributed by atoms with E-state index in [1.165, 1.54) is 28.7 Å². The summed E-state index contributed by atoms with van der Waals surface area (Å²) in [5.74, 6) is 0.704. The van der Waals surface area contributed by atoms with Gasteiger partial charge in [0.2, 0.25) is 5.91 Å². The molecule has 0 aliphatic carbocycles. The minimum Gasteiger partial charge on any atom is -0.808 e. The maximum Gasteiger partial charge on any atom is 0.294 e. The quantitative estimate of drug-likeness (QED) is 0.255. The van der Waals surface area contributed by atoms with Crippen LogP contribution in [-0.4, -0.2) is 52.3 Å². The number of aromatic nitrogens is 2. The van der Waals surface area contributed by atoms with Gasteiger partial charge in [0.25, 0.3) is 5.56 Å². The predicted molar refractivity (Wildman–Crippen MR) is 143 cm³/mol. The van der Waals surface area contributed by atoms with Gasteiger partial charge in [-0.2, -0.15) is 5.71 Å². The van der Waals surface area contributed by atoms with Crippen LogP contribution in [0.1, 0.15) is 38.8 Å². The van der Waals surface area contributed by atoms with E-state index in [2.05, 4.69) is 20.9 Å². The van der Waals surface area contributed by atoms with Crippen LogP contribution < -0.4 is 21.5 Å². The van der Waals surface area contributed by atoms with E-state index >= 15 is 0 Å². The number of carbonyl (C=O) groups excluding carboxylic acids is 2. The van der Waals surface area contributed by atoms with Crippen molar-refractivity contribution in [2.75, 3.05) is 30.7 Å². The lowest BCUT2D eigenvalue weighted by Gasteiger charge is -2.18. The van der Waals surface area contributed by atoms with Crippen molar-refractivity contribution in [2.24, 2.45) is 0 Å². The first kappa shape index (κ1) is 27.8. The monoisotopic (exact) mass is 497 g/mol. The molecule has 2 aromatic rings. The molecule has 1 amide bonds. The molecule has 0 aliphatic heterocycles. The number of amides is 1. The predicted octanol–water partition coefficient (Wildman–Crippen LogP) is 2.75. The van der Waals surface area contributed by atoms with Crippen molar-refractivity contribution in [3.63, 3.8) is 0 Å². The minimum absolute atomic E-state index is 0.0780. The zero-order valence-electron chi connectivity index (χ0n) is 20.4. The number of allylic oxidation sites excluding steroid dienone is 2. The fourth-order valence-electron chi connectivity index (χ4n) is 3.32. The number of nitrogens with one attached hydrogen (secondary N) is 3. The molecule has 1 heterocycles. The Balaban J connectivity index is 1.86. The number of hydrogen-bond acceptors (Lipinski definition) is 7. The molecular formula is C25H33N6O3S-. The highest BCUT2D eigenvalue weighted by Gasteiger charge is 2.21. The van der Waals surface area contributed by atoms with Crippen molar-refractivity contribution in [2.45, 2.75) is 39.0 Å². The molecule has 0 radical (unpaired) electrons. The summed E-state index contributed by atoms with van der Waals surface area (Å²) in [4.78, 5) is 41.9. The highest BCUT2D eigenvalue weighted by Crippen LogP contribution is 2.12. The van der Waals surface area contributed by atoms with Gasteiger partial charge >= 0.3 is 0 Å². The Morgan fingerprint density at radius 2 is 1.91 bits per heavy atom. The Hall–Kier alpha value is -3.40. The zero-order valence-corrected chi connectivity index (χ0v) is 21.2. The summed E-state index contributed by atoms with van der Waals surface area (Å²) < 4.78 is 1.34. The fraction of sp³-hybridized carbons (Fsp3) is 0.400. The van der Waals surface area contributed by atoms with Gasteiger partial charge in [-0.25, -0.2) is 4.98 Å². The number of benzene rings is 1. The molecule has 9 nitrogen and oxygen atoms in total. The molecule has 0 bridgehead atoms. The lowest BCUT2D eigenvalue weighted by Crippen LogP contribution is -2.40. The van der Waals surface area contributed by atoms with Crippen LogP contribution in [0.2, 0.25) is 0 Å². The third kappa shape index (κ3) is 9.78. The maximum absolute atomic E-state index is 12.9. The van der Waals surface area contributed by atoms with Crippen LogP contribution in [0, 0.1) is 0 Å². The van der Waals surface area contributed by atoms with Crippen molar-refractivity contribution in [1.82, 2.24) is 20.2 Å². The van der Waals surface area contributed by atoms with Gasteiger partial charge < -0.3 is 21.4 Å². The summed E-state index contributed by atoms with van der Waals surface area (Å²) in [6.45, 7) is 6.06. The lowest BCUT2D eigenvalue weighted by atomic mass is 10.2. The Morgan fingerprint density at radius 1 is 1.17 bits per heavy atom. The van der Waals surface area contributed by atoms with Crippen LogP contribution in [0.15, 0.2) is 59.3 Å². The number of ketones is 1. The van der Waals surface area contributed by atoms with E-state index in [1.54, 1.807) is 19.9 Å². The molecule has 0 saturated carbocycles. The standard InChI is InChI=1S/C25H33N6O3S/c1-4-22(24(33)30-15-21(32)17-35-16-20-8-6-5-7-9-20)31-13-12-29-23(25(31)34)28-11-10-27-19(3)14-18(2)26/h5-9,12-14,22,27H,4,10-11,15-17H2,1-3H3,(H,28,29)(H,30,33)/q-1/b19-14-. The second kappa shape index (κ2) is 14.8. The van der Waals surface area contributed by atoms with E-state index in [0.29, 0.717) is 25.3 Å². The molecule has 0 spiro atoms. The van der Waals surface area contributed by atoms with Gasteiger partial charge in [0.05, 0.1) is 12.3 Å². The van der Waals surface area contributed by atoms with E-state index in [4.69, 9.17) is 0 Å². The van der Waals surface area contributed by atoms with Crippen LogP contribution in [0.3, 0.4) is 0 Å². The number of thioether (sulfide) groups is 1. The molecule has 0 fully saturated rings. The molecule has 0 aliphatic rings. The molecule has 3 N–H and O–H groups in total. The summed E-state index contributed by atoms with van der Waals surface area (Å²) in [5, 5.41) is 18.0. The van der Waals surface area contributed by atoms with E-state index in [-0.39, 0.29) is 29.8 Å². The first-order valence-corrected chi connectivity index (χ1v) is 12.6. The lowest BCUT2D eigenvalue weighted by molar-refractivity contribution is -0.127. The van der Waals surface area contributed by atoms with Crippen molar-refractivity contribution >= 4 is 35.0 Å². The molecule has 1 atom stereocenters. The largest absolute Gasteiger partial charge is 0.808 e. The first-order chi connectivity index (χ1) is 16.8. The molecule has 1 unspecified atom stereocenters. The Bertz CT molecular complexity index is 1080. The topological polar surface area (TPSA) is 127 Å². The van der Waals surface area contributed by atoms with E-state index < -0.39 is 11.6 Å². The molecular weight excluding hydrogens is 464 g/mol. The van der Waals surface area contributed by atoms with Crippen LogP contribution in [0.4, 0.5) is 5.82 Å². The SMILES string of the molecule is CCC(C(=O)NCC(=O)CSCc1ccccc1)n1ccnc(NCCN/C(C)=C\C(C)=[N-])c1=O. The van der Waals surface area contributed by atoms with E-state index in [0.717, 1.165) is 17.0 Å². The van der Waals surface area contributed by atoms with Crippen LogP contribution >= 0.6 is 11.8 Å². The van der Waals surface area contributed by atoms with Gasteiger partial charge in [-0.1, -0.05) is 50.3 Å². The molecule has 1 aromatic carbocycles. The Labute approximate surface area is 210 Å². The molecule has 2 rings (SSSR count). The smallest absolute Gasteiger partial charge is 0.294 e. The molecule has 10 heteroatoms. The van der Waals surface area contributed by atoms with E-state index in [9.17, 15) is 19.8 Å². The van der Waals surface area contributed by atoms with Gasteiger partial charge in [-0.3, -0.25) is 19.0 Å². The number of anilines is 1. The third-order valence-corrected chi connectivity index (χ3v) is 6.04. The Kier molecular flexibility index (Phi) is 11.8. The zero-order chi connectivity index (χ0) is 25.6. The average molecular weight is 498 g/mol. The summed E-state index contributed by atoms with van der Waals surface area (Å²) >= 11 is 1.50. The fourth-order valence-corrected chi connectivity index (χ4v) is 4.18. The average Bonchev–Trinajstić information content (AvgIpc) is 2.83. The van der Waals surface area contributed by atoms with Crippen molar-refractivity contribution in [1.29, 1.82) is 0 Å². The maximum atomic E-state index is 12.9. The van der Waals surface area contributed by atoms with Crippen LogP contribution in [0.25, 0.3) is 5.41 Å². The van der Waals surface area contributed by atoms with Gasteiger partial charge in [-0.15, -0.1) is 11.8 Å². The normalized spacial score (nSPS) is 12.0. The molecule has 35 heavy (non-hydrogen) atoms. The number of nitrogens with zero attached hydrogens (tertiary/aromatic N) is 3. The Morgan fingerprint density at radius 3 is 2.60 bits per heavy atom. The number of hydrogen-bond donors (Lipinski definition) is 3. The number of rotatable bonds is 15. The van der Waals surface area contributed by atoms with Gasteiger partial charge in [0.1, 0.15) is 6.04 Å². The number of Topliss-reactive ketones (excluding diaryl/α,β-unsaturated/α-hetero) is 1. The molecule has 188 valence electrons. The van der Waals surface area contributed by atoms with Gasteiger partial charge in [-0.05, 0) is 18.9 Å². The summed E-state index contributed by atoms with van der Waals surface area (Å²) in [6.07, 6.45) is 4.93. The summed E-state index contributed by atoms with van der Waals surface area (Å²) in [5.41, 5.74) is 1.72. The van der Waals surface area contributed by atoms with Crippen LogP contribution in [-0.2, 0) is 15.3 Å². The number of carbonyl (C=O) groups is 2. The molecule has 0 saturated heterocycles. The summed E-state index contributed by atoms with van der Waals surface area (Å²) in [6, 6.07) is 9.13. The van der Waals surface area contributed by atoms with E-state index in [1.807, 2.05) is 37.3 Å². The van der Waals surface area contributed by atoms with Crippen molar-refractivity contribution in [3.8, 4) is 0 Å². The third-order valence-electron chi connectivity index (χ3n) is 4.97. The second-order valence-corrected chi connectivity index (χ2v) is 8.96. The van der Waals surface area contributed by atoms with Crippen molar-refractivity contribution in [3.05, 3.63) is 75.8 Å². The highest BCUT2D eigenvalue weighted by atomic mass is 32.2. The van der Waals surface area contributed by atoms with Crippen molar-refractivity contribution < 1.29 is 9.59 Å². The molecule has 1 aromatic heterocycles. The second-order valence-electron chi connectivity index (χ2n) is 7.97. The minimum atomic E-state index is -0.748. The highest BCUT2D eigenvalue weighted by molar-refractivity contribution is 7.99. The van der Waals surface area contributed by atoms with Crippen LogP contribution in [0.5, 0.6) is 0 Å².